The zero-order chi connectivity index (χ0) is 22.9. The summed E-state index contributed by atoms with van der Waals surface area (Å²) in [5.41, 5.74) is 2.29. The predicted octanol–water partition coefficient (Wildman–Crippen LogP) is 3.48. The van der Waals surface area contributed by atoms with Gasteiger partial charge in [0, 0.05) is 43.9 Å². The highest BCUT2D eigenvalue weighted by Crippen LogP contribution is 2.67. The van der Waals surface area contributed by atoms with Crippen molar-refractivity contribution in [2.75, 3.05) is 46.0 Å². The Morgan fingerprint density at radius 2 is 1.97 bits per heavy atom. The van der Waals surface area contributed by atoms with Crippen molar-refractivity contribution in [2.24, 2.45) is 5.92 Å². The van der Waals surface area contributed by atoms with Crippen LogP contribution in [-0.4, -0.2) is 84.7 Å². The Bertz CT molecular complexity index is 945. The van der Waals surface area contributed by atoms with Crippen molar-refractivity contribution in [2.45, 2.75) is 87.5 Å². The summed E-state index contributed by atoms with van der Waals surface area (Å²) in [6, 6.07) is 4.81. The Kier molecular flexibility index (Phi) is 5.21. The fourth-order valence-electron chi connectivity index (χ4n) is 8.40. The van der Waals surface area contributed by atoms with Crippen molar-refractivity contribution in [1.82, 2.24) is 9.80 Å². The molecule has 5 atom stereocenters. The third kappa shape index (κ3) is 2.95. The van der Waals surface area contributed by atoms with Crippen molar-refractivity contribution >= 4 is 0 Å². The monoisotopic (exact) mass is 468 g/mol. The number of ether oxygens (including phenoxy) is 3. The van der Waals surface area contributed by atoms with E-state index in [4.69, 9.17) is 14.2 Å². The van der Waals surface area contributed by atoms with Crippen LogP contribution in [0.2, 0.25) is 0 Å². The molecule has 1 aromatic rings. The van der Waals surface area contributed by atoms with Gasteiger partial charge in [-0.2, -0.15) is 0 Å². The van der Waals surface area contributed by atoms with Gasteiger partial charge in [0.1, 0.15) is 6.10 Å². The van der Waals surface area contributed by atoms with Crippen LogP contribution >= 0.6 is 0 Å². The van der Waals surface area contributed by atoms with E-state index in [0.29, 0.717) is 17.8 Å². The van der Waals surface area contributed by atoms with Crippen LogP contribution < -0.4 is 4.74 Å². The van der Waals surface area contributed by atoms with Crippen LogP contribution in [0, 0.1) is 5.92 Å². The average molecular weight is 469 g/mol. The number of rotatable bonds is 7. The molecule has 6 aliphatic rings. The first kappa shape index (κ1) is 21.9. The van der Waals surface area contributed by atoms with Gasteiger partial charge in [-0.25, -0.2) is 0 Å². The Hall–Kier alpha value is -1.34. The molecule has 3 aliphatic heterocycles. The smallest absolute Gasteiger partial charge is 0.165 e. The van der Waals surface area contributed by atoms with E-state index in [-0.39, 0.29) is 17.1 Å². The highest BCUT2D eigenvalue weighted by atomic mass is 16.5. The highest BCUT2D eigenvalue weighted by Gasteiger charge is 2.74. The second kappa shape index (κ2) is 8.09. The molecule has 6 nitrogen and oxygen atoms in total. The van der Waals surface area contributed by atoms with E-state index in [9.17, 15) is 5.11 Å². The van der Waals surface area contributed by atoms with Gasteiger partial charge >= 0.3 is 0 Å². The lowest BCUT2D eigenvalue weighted by Gasteiger charge is -2.66. The minimum atomic E-state index is -0.227. The summed E-state index contributed by atoms with van der Waals surface area (Å²) in [7, 11) is 0. The molecule has 1 N–H and O–H groups in total. The number of unbranched alkanes of at least 4 members (excludes halogenated alkanes) is 1. The molecule has 0 aromatic heterocycles. The lowest BCUT2D eigenvalue weighted by atomic mass is 9.48. The fourth-order valence-corrected chi connectivity index (χ4v) is 8.40. The molecule has 3 aliphatic carbocycles. The number of benzene rings is 1. The maximum Gasteiger partial charge on any atom is 0.165 e. The fraction of sp³-hybridized carbons (Fsp3) is 0.786. The van der Waals surface area contributed by atoms with Crippen LogP contribution in [0.5, 0.6) is 11.5 Å². The third-order valence-electron chi connectivity index (χ3n) is 10.1. The lowest BCUT2D eigenvalue weighted by molar-refractivity contribution is -0.229. The van der Waals surface area contributed by atoms with Crippen LogP contribution in [0.15, 0.2) is 12.1 Å². The van der Waals surface area contributed by atoms with E-state index in [1.54, 1.807) is 0 Å². The topological polar surface area (TPSA) is 54.4 Å². The van der Waals surface area contributed by atoms with E-state index in [1.165, 1.54) is 30.5 Å². The number of phenols is 1. The summed E-state index contributed by atoms with van der Waals surface area (Å²) in [6.45, 7) is 8.95. The van der Waals surface area contributed by atoms with Crippen LogP contribution in [0.25, 0.3) is 0 Å². The Morgan fingerprint density at radius 1 is 1.12 bits per heavy atom. The van der Waals surface area contributed by atoms with E-state index >= 15 is 0 Å². The van der Waals surface area contributed by atoms with Crippen molar-refractivity contribution in [1.29, 1.82) is 0 Å². The summed E-state index contributed by atoms with van der Waals surface area (Å²) in [4.78, 5) is 5.41. The summed E-state index contributed by atoms with van der Waals surface area (Å²) < 4.78 is 19.8. The van der Waals surface area contributed by atoms with Crippen molar-refractivity contribution in [3.05, 3.63) is 23.3 Å². The molecule has 2 bridgehead atoms. The lowest BCUT2D eigenvalue weighted by Crippen LogP contribution is -2.79. The summed E-state index contributed by atoms with van der Waals surface area (Å²) in [5, 5.41) is 11.0. The van der Waals surface area contributed by atoms with E-state index in [0.717, 1.165) is 89.6 Å². The second-order valence-corrected chi connectivity index (χ2v) is 11.7. The molecule has 0 amide bonds. The van der Waals surface area contributed by atoms with Gasteiger partial charge in [0.15, 0.2) is 11.5 Å². The van der Waals surface area contributed by atoms with Gasteiger partial charge in [-0.1, -0.05) is 19.4 Å². The molecule has 186 valence electrons. The molecule has 1 unspecified atom stereocenters. The molecule has 0 radical (unpaired) electrons. The van der Waals surface area contributed by atoms with Gasteiger partial charge in [-0.05, 0) is 69.0 Å². The number of phenolic OH excluding ortho intramolecular Hbond substituents is 1. The number of hydrogen-bond donors (Lipinski definition) is 1. The van der Waals surface area contributed by atoms with Crippen LogP contribution in [-0.2, 0) is 21.3 Å². The van der Waals surface area contributed by atoms with Crippen LogP contribution in [0.3, 0.4) is 0 Å². The molecule has 34 heavy (non-hydrogen) atoms. The zero-order valence-electron chi connectivity index (χ0n) is 20.6. The maximum absolute atomic E-state index is 11.0. The van der Waals surface area contributed by atoms with Crippen LogP contribution in [0.4, 0.5) is 0 Å². The molecule has 4 fully saturated rings. The summed E-state index contributed by atoms with van der Waals surface area (Å²) in [5.74, 6) is 1.95. The van der Waals surface area contributed by atoms with E-state index in [1.807, 2.05) is 6.07 Å². The zero-order valence-corrected chi connectivity index (χ0v) is 20.6. The minimum Gasteiger partial charge on any atom is -0.504 e. The number of morpholine rings is 1. The first-order chi connectivity index (χ1) is 16.7. The molecule has 2 saturated carbocycles. The molecule has 2 saturated heterocycles. The van der Waals surface area contributed by atoms with Gasteiger partial charge in [0.2, 0.25) is 0 Å². The van der Waals surface area contributed by atoms with Crippen LogP contribution in [0.1, 0.15) is 63.0 Å². The molecule has 3 heterocycles. The first-order valence-corrected chi connectivity index (χ1v) is 13.9. The quantitative estimate of drug-likeness (QED) is 0.619. The maximum atomic E-state index is 11.0. The molecule has 6 heteroatoms. The SMILES string of the molecule is CCCCO[C@@]12CCC(N3CCOCC3)[C@@H]3Oc4c(O)ccc5c4[C@@]31CCN(CC1CC1)[C@@H]2C5. The van der Waals surface area contributed by atoms with E-state index < -0.39 is 0 Å². The molecular weight excluding hydrogens is 428 g/mol. The molecule has 1 spiro atoms. The predicted molar refractivity (Wildman–Crippen MR) is 130 cm³/mol. The number of aromatic hydroxyl groups is 1. The Balaban J connectivity index is 1.37. The number of hydrogen-bond acceptors (Lipinski definition) is 6. The highest BCUT2D eigenvalue weighted by molar-refractivity contribution is 5.62. The van der Waals surface area contributed by atoms with Crippen molar-refractivity contribution < 1.29 is 19.3 Å². The third-order valence-corrected chi connectivity index (χ3v) is 10.1. The normalized spacial score (nSPS) is 39.0. The Morgan fingerprint density at radius 3 is 2.76 bits per heavy atom. The number of likely N-dealkylation sites (tertiary alicyclic amines) is 1. The van der Waals surface area contributed by atoms with Crippen molar-refractivity contribution in [3.63, 3.8) is 0 Å². The van der Waals surface area contributed by atoms with Gasteiger partial charge in [-0.3, -0.25) is 9.80 Å². The first-order valence-electron chi connectivity index (χ1n) is 13.9. The summed E-state index contributed by atoms with van der Waals surface area (Å²) in [6.07, 6.45) is 9.32. The standard InChI is InChI=1S/C28H40N2O4/c1-2-3-14-33-28-9-8-21(29-12-15-32-16-13-29)26-27(28)10-11-30(18-19-4-5-19)23(28)17-20-6-7-22(31)25(34-26)24(20)27/h6-7,19,21,23,26,31H,2-5,8-18H2,1H3/t21?,23-,26+,27+,28-/m1/s1. The van der Waals surface area contributed by atoms with Gasteiger partial charge in [-0.15, -0.1) is 0 Å². The van der Waals surface area contributed by atoms with Crippen molar-refractivity contribution in [3.8, 4) is 11.5 Å². The largest absolute Gasteiger partial charge is 0.504 e. The van der Waals surface area contributed by atoms with E-state index in [2.05, 4.69) is 22.8 Å². The van der Waals surface area contributed by atoms with Gasteiger partial charge in [0.25, 0.3) is 0 Å². The van der Waals surface area contributed by atoms with Gasteiger partial charge in [0.05, 0.1) is 24.2 Å². The Labute approximate surface area is 203 Å². The molecular formula is C28H40N2O4. The number of piperidine rings is 1. The second-order valence-electron chi connectivity index (χ2n) is 11.7. The molecule has 1 aromatic carbocycles. The average Bonchev–Trinajstić information content (AvgIpc) is 3.60. The molecule has 7 rings (SSSR count). The number of nitrogens with zero attached hydrogens (tertiary/aromatic N) is 2. The minimum absolute atomic E-state index is 0.0360. The summed E-state index contributed by atoms with van der Waals surface area (Å²) >= 11 is 0. The van der Waals surface area contributed by atoms with Gasteiger partial charge < -0.3 is 19.3 Å².